The van der Waals surface area contributed by atoms with Gasteiger partial charge in [-0.25, -0.2) is 4.72 Å². The zero-order chi connectivity index (χ0) is 15.0. The highest BCUT2D eigenvalue weighted by Crippen LogP contribution is 2.19. The quantitative estimate of drug-likeness (QED) is 0.599. The molecule has 1 rings (SSSR count). The van der Waals surface area contributed by atoms with E-state index in [0.717, 1.165) is 45.3 Å². The molecule has 1 aliphatic rings. The number of nitrogens with zero attached hydrogens (tertiary/aromatic N) is 2. The van der Waals surface area contributed by atoms with E-state index in [0.29, 0.717) is 13.1 Å². The minimum absolute atomic E-state index is 0.0926. The lowest BCUT2D eigenvalue weighted by Crippen LogP contribution is -2.52. The number of hydrogen-bond acceptors (Lipinski definition) is 4. The molecule has 2 N–H and O–H groups in total. The first kappa shape index (κ1) is 17.8. The van der Waals surface area contributed by atoms with Gasteiger partial charge in [-0.05, 0) is 46.4 Å². The smallest absolute Gasteiger partial charge is 0.279 e. The summed E-state index contributed by atoms with van der Waals surface area (Å²) in [4.78, 5) is 2.06. The van der Waals surface area contributed by atoms with Crippen LogP contribution in [0.15, 0.2) is 0 Å². The SMILES string of the molecule is CCNCC1CCCCN1S(=O)(=O)NCCCN(C)C. The van der Waals surface area contributed by atoms with Crippen molar-refractivity contribution in [3.05, 3.63) is 0 Å². The van der Waals surface area contributed by atoms with E-state index in [-0.39, 0.29) is 6.04 Å². The molecule has 0 aliphatic carbocycles. The standard InChI is InChI=1S/C13H30N4O2S/c1-4-14-12-13-8-5-6-11-17(13)20(18,19)15-9-7-10-16(2)3/h13-15H,4-12H2,1-3H3. The Hall–Kier alpha value is -0.210. The van der Waals surface area contributed by atoms with Gasteiger partial charge < -0.3 is 10.2 Å². The van der Waals surface area contributed by atoms with Crippen molar-refractivity contribution in [3.63, 3.8) is 0 Å². The first-order chi connectivity index (χ1) is 9.47. The number of rotatable bonds is 9. The van der Waals surface area contributed by atoms with Gasteiger partial charge in [0.25, 0.3) is 10.2 Å². The van der Waals surface area contributed by atoms with Gasteiger partial charge in [0.2, 0.25) is 0 Å². The highest BCUT2D eigenvalue weighted by Gasteiger charge is 2.31. The molecule has 1 heterocycles. The molecule has 0 spiro atoms. The van der Waals surface area contributed by atoms with Crippen molar-refractivity contribution in [2.45, 2.75) is 38.6 Å². The Kier molecular flexibility index (Phi) is 7.98. The maximum atomic E-state index is 12.4. The molecular formula is C13H30N4O2S. The number of hydrogen-bond donors (Lipinski definition) is 2. The van der Waals surface area contributed by atoms with E-state index in [1.807, 2.05) is 21.0 Å². The van der Waals surface area contributed by atoms with Crippen molar-refractivity contribution in [1.82, 2.24) is 19.2 Å². The van der Waals surface area contributed by atoms with E-state index in [1.54, 1.807) is 4.31 Å². The summed E-state index contributed by atoms with van der Waals surface area (Å²) in [5.74, 6) is 0. The highest BCUT2D eigenvalue weighted by molar-refractivity contribution is 7.87. The van der Waals surface area contributed by atoms with Crippen molar-refractivity contribution in [1.29, 1.82) is 0 Å². The van der Waals surface area contributed by atoms with Gasteiger partial charge in [0.15, 0.2) is 0 Å². The molecule has 7 heteroatoms. The summed E-state index contributed by atoms with van der Waals surface area (Å²) in [7, 11) is 0.647. The van der Waals surface area contributed by atoms with Crippen molar-refractivity contribution in [2.24, 2.45) is 0 Å². The van der Waals surface area contributed by atoms with E-state index < -0.39 is 10.2 Å². The van der Waals surface area contributed by atoms with Gasteiger partial charge >= 0.3 is 0 Å². The lowest BCUT2D eigenvalue weighted by atomic mass is 10.1. The van der Waals surface area contributed by atoms with Crippen LogP contribution in [0.4, 0.5) is 0 Å². The molecule has 0 saturated carbocycles. The predicted molar refractivity (Wildman–Crippen MR) is 83.0 cm³/mol. The van der Waals surface area contributed by atoms with E-state index in [9.17, 15) is 8.42 Å². The largest absolute Gasteiger partial charge is 0.315 e. The second kappa shape index (κ2) is 8.94. The van der Waals surface area contributed by atoms with Crippen LogP contribution in [0, 0.1) is 0 Å². The number of piperidine rings is 1. The summed E-state index contributed by atoms with van der Waals surface area (Å²) < 4.78 is 29.1. The van der Waals surface area contributed by atoms with E-state index in [2.05, 4.69) is 14.9 Å². The van der Waals surface area contributed by atoms with Crippen molar-refractivity contribution in [2.75, 3.05) is 46.8 Å². The molecule has 0 amide bonds. The van der Waals surface area contributed by atoms with Crippen LogP contribution >= 0.6 is 0 Å². The van der Waals surface area contributed by atoms with Gasteiger partial charge in [-0.2, -0.15) is 12.7 Å². The molecule has 120 valence electrons. The normalized spacial score (nSPS) is 21.5. The fraction of sp³-hybridized carbons (Fsp3) is 1.00. The summed E-state index contributed by atoms with van der Waals surface area (Å²) in [5, 5.41) is 3.26. The van der Waals surface area contributed by atoms with Gasteiger partial charge in [0, 0.05) is 25.7 Å². The van der Waals surface area contributed by atoms with Gasteiger partial charge in [0.1, 0.15) is 0 Å². The van der Waals surface area contributed by atoms with Crippen molar-refractivity contribution in [3.8, 4) is 0 Å². The molecule has 0 aromatic carbocycles. The molecule has 1 unspecified atom stereocenters. The van der Waals surface area contributed by atoms with Crippen LogP contribution in [0.3, 0.4) is 0 Å². The average Bonchev–Trinajstić information content (AvgIpc) is 2.41. The molecule has 6 nitrogen and oxygen atoms in total. The molecule has 0 aromatic rings. The lowest BCUT2D eigenvalue weighted by molar-refractivity contribution is 0.243. The molecule has 1 fully saturated rings. The molecule has 1 atom stereocenters. The first-order valence-electron chi connectivity index (χ1n) is 7.59. The summed E-state index contributed by atoms with van der Waals surface area (Å²) in [6.45, 7) is 5.70. The second-order valence-electron chi connectivity index (χ2n) is 5.62. The van der Waals surface area contributed by atoms with Gasteiger partial charge in [0.05, 0.1) is 0 Å². The Morgan fingerprint density at radius 3 is 2.70 bits per heavy atom. The van der Waals surface area contributed by atoms with Crippen LogP contribution in [0.5, 0.6) is 0 Å². The van der Waals surface area contributed by atoms with Gasteiger partial charge in [-0.3, -0.25) is 0 Å². The monoisotopic (exact) mass is 306 g/mol. The minimum atomic E-state index is -3.34. The third kappa shape index (κ3) is 6.05. The fourth-order valence-electron chi connectivity index (χ4n) is 2.48. The van der Waals surface area contributed by atoms with Crippen molar-refractivity contribution >= 4 is 10.2 Å². The fourth-order valence-corrected chi connectivity index (χ4v) is 3.99. The first-order valence-corrected chi connectivity index (χ1v) is 9.03. The molecule has 0 radical (unpaired) electrons. The summed E-state index contributed by atoms with van der Waals surface area (Å²) >= 11 is 0. The zero-order valence-corrected chi connectivity index (χ0v) is 13.9. The third-order valence-corrected chi connectivity index (χ3v) is 5.25. The van der Waals surface area contributed by atoms with Crippen LogP contribution in [0.2, 0.25) is 0 Å². The summed E-state index contributed by atoms with van der Waals surface area (Å²) in [5.41, 5.74) is 0. The Bertz CT molecular complexity index is 359. The zero-order valence-electron chi connectivity index (χ0n) is 13.1. The Morgan fingerprint density at radius 2 is 2.05 bits per heavy atom. The topological polar surface area (TPSA) is 64.7 Å². The Morgan fingerprint density at radius 1 is 1.30 bits per heavy atom. The van der Waals surface area contributed by atoms with Crippen LogP contribution < -0.4 is 10.0 Å². The van der Waals surface area contributed by atoms with Crippen molar-refractivity contribution < 1.29 is 8.42 Å². The second-order valence-corrected chi connectivity index (χ2v) is 7.33. The Balaban J connectivity index is 2.49. The van der Waals surface area contributed by atoms with Gasteiger partial charge in [-0.15, -0.1) is 0 Å². The Labute approximate surface area is 124 Å². The maximum absolute atomic E-state index is 12.4. The lowest BCUT2D eigenvalue weighted by Gasteiger charge is -2.34. The molecule has 20 heavy (non-hydrogen) atoms. The molecule has 0 aromatic heterocycles. The maximum Gasteiger partial charge on any atom is 0.279 e. The molecule has 1 aliphatic heterocycles. The molecular weight excluding hydrogens is 276 g/mol. The summed E-state index contributed by atoms with van der Waals surface area (Å²) in [6.07, 6.45) is 3.85. The van der Waals surface area contributed by atoms with Crippen LogP contribution in [0.25, 0.3) is 0 Å². The minimum Gasteiger partial charge on any atom is -0.315 e. The average molecular weight is 306 g/mol. The molecule has 0 bridgehead atoms. The van der Waals surface area contributed by atoms with Crippen LogP contribution in [0.1, 0.15) is 32.6 Å². The third-order valence-electron chi connectivity index (χ3n) is 3.58. The van der Waals surface area contributed by atoms with E-state index in [4.69, 9.17) is 0 Å². The summed E-state index contributed by atoms with van der Waals surface area (Å²) in [6, 6.07) is 0.0926. The van der Waals surface area contributed by atoms with E-state index >= 15 is 0 Å². The van der Waals surface area contributed by atoms with E-state index in [1.165, 1.54) is 0 Å². The van der Waals surface area contributed by atoms with Crippen LogP contribution in [-0.2, 0) is 10.2 Å². The van der Waals surface area contributed by atoms with Crippen LogP contribution in [-0.4, -0.2) is 70.5 Å². The van der Waals surface area contributed by atoms with Gasteiger partial charge in [-0.1, -0.05) is 13.3 Å². The predicted octanol–water partition coefficient (Wildman–Crippen LogP) is 0.237. The molecule has 1 saturated heterocycles. The number of nitrogens with one attached hydrogen (secondary N) is 2. The number of likely N-dealkylation sites (N-methyl/N-ethyl adjacent to an activating group) is 1. The highest BCUT2D eigenvalue weighted by atomic mass is 32.2.